The summed E-state index contributed by atoms with van der Waals surface area (Å²) in [6.45, 7) is 1.42. The Morgan fingerprint density at radius 1 is 0.571 bits per heavy atom. The zero-order chi connectivity index (χ0) is 39.1. The summed E-state index contributed by atoms with van der Waals surface area (Å²) in [6, 6.07) is -3.37. The fourth-order valence-corrected chi connectivity index (χ4v) is 2.92. The molecule has 0 rings (SSSR count). The SMILES string of the molecule is N=C(N)NCCC[C@H](N)C(=O)O.N=C(N)NCCC[C@H](NC(N)C(=O)O)C(=O)O.NC(CC(=O)O)CC(=O)O.NCCCC[C@H](N)C(=O)O. The molecule has 286 valence electrons. The number of carboxylic acids is 6. The Balaban J connectivity index is -0.000000283. The molecule has 0 aromatic heterocycles. The van der Waals surface area contributed by atoms with Crippen molar-refractivity contribution in [3.05, 3.63) is 0 Å². The van der Waals surface area contributed by atoms with E-state index in [9.17, 15) is 28.8 Å². The lowest BCUT2D eigenvalue weighted by Gasteiger charge is -2.17. The van der Waals surface area contributed by atoms with Crippen LogP contribution in [0.4, 0.5) is 0 Å². The minimum atomic E-state index is -1.42. The average Bonchev–Trinajstić information content (AvgIpc) is 2.96. The monoisotopic (exact) mass is 714 g/mol. The van der Waals surface area contributed by atoms with Crippen LogP contribution in [0, 0.1) is 10.8 Å². The zero-order valence-corrected chi connectivity index (χ0v) is 27.0. The van der Waals surface area contributed by atoms with Gasteiger partial charge in [-0.25, -0.2) is 4.79 Å². The van der Waals surface area contributed by atoms with Crippen LogP contribution < -0.4 is 56.1 Å². The van der Waals surface area contributed by atoms with Crippen LogP contribution in [0.25, 0.3) is 0 Å². The Kier molecular flexibility index (Phi) is 33.0. The van der Waals surface area contributed by atoms with Gasteiger partial charge in [0.25, 0.3) is 0 Å². The highest BCUT2D eigenvalue weighted by atomic mass is 16.4. The van der Waals surface area contributed by atoms with E-state index in [1.807, 2.05) is 0 Å². The van der Waals surface area contributed by atoms with E-state index in [1.54, 1.807) is 0 Å². The fourth-order valence-electron chi connectivity index (χ4n) is 2.92. The maximum Gasteiger partial charge on any atom is 0.335 e. The Bertz CT molecular complexity index is 1010. The Labute approximate surface area is 282 Å². The highest BCUT2D eigenvalue weighted by Crippen LogP contribution is 1.98. The van der Waals surface area contributed by atoms with Crippen molar-refractivity contribution >= 4 is 47.7 Å². The summed E-state index contributed by atoms with van der Waals surface area (Å²) in [5.74, 6) is -6.90. The molecule has 24 nitrogen and oxygen atoms in total. The van der Waals surface area contributed by atoms with Crippen molar-refractivity contribution in [3.63, 3.8) is 0 Å². The maximum atomic E-state index is 10.8. The van der Waals surface area contributed by atoms with Crippen LogP contribution >= 0.6 is 0 Å². The molecule has 0 aliphatic heterocycles. The van der Waals surface area contributed by atoms with Gasteiger partial charge >= 0.3 is 35.8 Å². The van der Waals surface area contributed by atoms with E-state index in [2.05, 4.69) is 16.0 Å². The minimum Gasteiger partial charge on any atom is -0.481 e. The first-order valence-corrected chi connectivity index (χ1v) is 14.6. The third kappa shape index (κ3) is 41.1. The zero-order valence-electron chi connectivity index (χ0n) is 27.0. The highest BCUT2D eigenvalue weighted by Gasteiger charge is 2.22. The van der Waals surface area contributed by atoms with Crippen molar-refractivity contribution in [2.75, 3.05) is 19.6 Å². The summed E-state index contributed by atoms with van der Waals surface area (Å²) in [5.41, 5.74) is 35.9. The first kappa shape index (κ1) is 51.0. The molecule has 0 fully saturated rings. The second kappa shape index (κ2) is 31.7. The summed E-state index contributed by atoms with van der Waals surface area (Å²) in [4.78, 5) is 61.4. The van der Waals surface area contributed by atoms with E-state index >= 15 is 0 Å². The molecule has 0 aliphatic rings. The van der Waals surface area contributed by atoms with Crippen LogP contribution in [0.3, 0.4) is 0 Å². The number of aliphatic carboxylic acids is 6. The Hall–Kier alpha value is -4.88. The predicted molar refractivity (Wildman–Crippen MR) is 175 cm³/mol. The van der Waals surface area contributed by atoms with Crippen molar-refractivity contribution < 1.29 is 59.4 Å². The van der Waals surface area contributed by atoms with Gasteiger partial charge in [0.2, 0.25) is 0 Å². The molecule has 4 atom stereocenters. The normalized spacial score (nSPS) is 12.4. The van der Waals surface area contributed by atoms with Gasteiger partial charge < -0.3 is 81.4 Å². The number of guanidine groups is 2. The van der Waals surface area contributed by atoms with Crippen LogP contribution in [-0.2, 0) is 28.8 Å². The van der Waals surface area contributed by atoms with Crippen LogP contribution in [0.5, 0.6) is 0 Å². The number of unbranched alkanes of at least 4 members (excludes halogenated alkanes) is 1. The third-order valence-corrected chi connectivity index (χ3v) is 5.41. The number of rotatable bonds is 22. The van der Waals surface area contributed by atoms with Gasteiger partial charge in [-0.2, -0.15) is 0 Å². The fraction of sp³-hybridized carbons (Fsp3) is 0.680. The summed E-state index contributed by atoms with van der Waals surface area (Å²) >= 11 is 0. The molecule has 0 spiro atoms. The molecule has 0 bridgehead atoms. The first-order valence-electron chi connectivity index (χ1n) is 14.6. The quantitative estimate of drug-likeness (QED) is 0.0216. The summed E-state index contributed by atoms with van der Waals surface area (Å²) in [6.07, 6.45) is 1.71. The number of hydrogen-bond donors (Lipinski definition) is 18. The minimum absolute atomic E-state index is 0.112. The van der Waals surface area contributed by atoms with Crippen molar-refractivity contribution in [1.29, 1.82) is 10.8 Å². The summed E-state index contributed by atoms with van der Waals surface area (Å²) in [5, 5.41) is 71.3. The van der Waals surface area contributed by atoms with Gasteiger partial charge in [0.1, 0.15) is 18.1 Å². The lowest BCUT2D eigenvalue weighted by atomic mass is 10.1. The Morgan fingerprint density at radius 2 is 0.959 bits per heavy atom. The predicted octanol–water partition coefficient (Wildman–Crippen LogP) is -4.89. The van der Waals surface area contributed by atoms with E-state index in [-0.39, 0.29) is 31.2 Å². The lowest BCUT2D eigenvalue weighted by molar-refractivity contribution is -0.143. The average molecular weight is 715 g/mol. The van der Waals surface area contributed by atoms with Gasteiger partial charge in [-0.1, -0.05) is 6.42 Å². The topological polar surface area (TPSA) is 490 Å². The van der Waals surface area contributed by atoms with Gasteiger partial charge in [-0.3, -0.25) is 40.1 Å². The van der Waals surface area contributed by atoms with Crippen LogP contribution in [0.2, 0.25) is 0 Å². The van der Waals surface area contributed by atoms with Crippen molar-refractivity contribution in [3.8, 4) is 0 Å². The number of hydrogen-bond acceptors (Lipinski definition) is 14. The lowest BCUT2D eigenvalue weighted by Crippen LogP contribution is -2.52. The highest BCUT2D eigenvalue weighted by molar-refractivity contribution is 5.77. The molecule has 49 heavy (non-hydrogen) atoms. The second-order valence-electron chi connectivity index (χ2n) is 9.97. The van der Waals surface area contributed by atoms with Crippen LogP contribution in [-0.4, -0.2) is 128 Å². The second-order valence-corrected chi connectivity index (χ2v) is 9.97. The van der Waals surface area contributed by atoms with Gasteiger partial charge in [-0.05, 0) is 45.1 Å². The van der Waals surface area contributed by atoms with Gasteiger partial charge in [0, 0.05) is 19.1 Å². The molecular formula is C25H54N12O12. The molecule has 0 aliphatic carbocycles. The molecule has 0 amide bonds. The summed E-state index contributed by atoms with van der Waals surface area (Å²) in [7, 11) is 0. The Morgan fingerprint density at radius 3 is 1.27 bits per heavy atom. The molecule has 0 heterocycles. The first-order chi connectivity index (χ1) is 22.6. The smallest absolute Gasteiger partial charge is 0.335 e. The molecule has 0 saturated carbocycles. The van der Waals surface area contributed by atoms with Gasteiger partial charge in [0.15, 0.2) is 18.1 Å². The van der Waals surface area contributed by atoms with E-state index in [4.69, 9.17) is 81.6 Å². The molecule has 0 aromatic carbocycles. The molecule has 0 aromatic rings. The van der Waals surface area contributed by atoms with Crippen LogP contribution in [0.1, 0.15) is 57.8 Å². The molecule has 25 N–H and O–H groups in total. The van der Waals surface area contributed by atoms with Crippen molar-refractivity contribution in [1.82, 2.24) is 16.0 Å². The van der Waals surface area contributed by atoms with E-state index in [0.717, 1.165) is 12.8 Å². The summed E-state index contributed by atoms with van der Waals surface area (Å²) < 4.78 is 0. The third-order valence-electron chi connectivity index (χ3n) is 5.41. The molecular weight excluding hydrogens is 660 g/mol. The van der Waals surface area contributed by atoms with Crippen molar-refractivity contribution in [2.45, 2.75) is 88.1 Å². The largest absolute Gasteiger partial charge is 0.481 e. The van der Waals surface area contributed by atoms with Gasteiger partial charge in [-0.15, -0.1) is 0 Å². The molecule has 0 saturated heterocycles. The number of carboxylic acid groups (broad SMARTS) is 6. The molecule has 24 heteroatoms. The van der Waals surface area contributed by atoms with E-state index in [0.29, 0.717) is 45.3 Å². The number of nitrogens with one attached hydrogen (secondary N) is 5. The number of nitrogens with two attached hydrogens (primary N) is 7. The standard InChI is InChI=1S/C8H17N5O4.C6H14N4O2.C6H14N2O2.C5H9NO4/c9-5(7(16)17)13-4(6(14)15)2-1-3-12-8(10)11;7-4(5(11)12)2-1-3-10-6(8)9;7-4-2-1-3-5(8)6(9)10;6-3(1-4(7)8)2-5(9)10/h4-5,13H,1-3,9H2,(H,14,15)(H,16,17)(H4,10,11,12);4H,1-3,7H2,(H,11,12)(H4,8,9,10);5H,1-4,7-8H2,(H,9,10);3H,1-2,6H2,(H,7,8)(H,9,10)/t4-,5?;4-;5-;/m000./s1. The maximum absolute atomic E-state index is 10.8. The van der Waals surface area contributed by atoms with Gasteiger partial charge in [0.05, 0.1) is 12.8 Å². The molecule has 1 unspecified atom stereocenters. The van der Waals surface area contributed by atoms with E-state index in [1.165, 1.54) is 0 Å². The van der Waals surface area contributed by atoms with E-state index < -0.39 is 66.1 Å². The molecule has 0 radical (unpaired) electrons. The van der Waals surface area contributed by atoms with Crippen molar-refractivity contribution in [2.24, 2.45) is 40.1 Å². The van der Waals surface area contributed by atoms with Crippen LogP contribution in [0.15, 0.2) is 0 Å². The number of carbonyl (C=O) groups is 6.